The molecule has 0 saturated heterocycles. The number of carbonyl (C=O) groups is 1. The lowest BCUT2D eigenvalue weighted by molar-refractivity contribution is 0.0695. The van der Waals surface area contributed by atoms with Gasteiger partial charge in [-0.05, 0) is 6.07 Å². The van der Waals surface area contributed by atoms with Gasteiger partial charge in [0.15, 0.2) is 11.6 Å². The summed E-state index contributed by atoms with van der Waals surface area (Å²) in [5.74, 6) is -3.76. The minimum atomic E-state index is -1.43. The van der Waals surface area contributed by atoms with Gasteiger partial charge in [0.05, 0.1) is 10.9 Å². The molecule has 0 spiro atoms. The Hall–Kier alpha value is -2.44. The van der Waals surface area contributed by atoms with E-state index >= 15 is 0 Å². The van der Waals surface area contributed by atoms with Crippen molar-refractivity contribution in [3.8, 4) is 0 Å². The Morgan fingerprint density at radius 1 is 1.33 bits per heavy atom. The summed E-state index contributed by atoms with van der Waals surface area (Å²) in [6, 6.07) is 1.52. The summed E-state index contributed by atoms with van der Waals surface area (Å²) in [4.78, 5) is 22.7. The second kappa shape index (κ2) is 4.10. The summed E-state index contributed by atoms with van der Waals surface area (Å²) in [6.45, 7) is 0. The average Bonchev–Trinajstić information content (AvgIpc) is 2.32. The van der Waals surface area contributed by atoms with Crippen LogP contribution < -0.4 is 10.9 Å². The number of rotatable bonds is 2. The number of hydrogen-bond acceptors (Lipinski definition) is 3. The molecule has 0 atom stereocenters. The second-order valence-corrected chi connectivity index (χ2v) is 3.55. The summed E-state index contributed by atoms with van der Waals surface area (Å²) in [5.41, 5.74) is 1.24. The van der Waals surface area contributed by atoms with Gasteiger partial charge in [-0.1, -0.05) is 0 Å². The van der Waals surface area contributed by atoms with Gasteiger partial charge in [-0.2, -0.15) is 0 Å². The molecule has 0 amide bonds. The van der Waals surface area contributed by atoms with Crippen LogP contribution >= 0.6 is 0 Å². The van der Waals surface area contributed by atoms with Crippen LogP contribution in [0.2, 0.25) is 0 Å². The lowest BCUT2D eigenvalue weighted by Crippen LogP contribution is -2.22. The van der Waals surface area contributed by atoms with Crippen LogP contribution in [0.3, 0.4) is 0 Å². The van der Waals surface area contributed by atoms with E-state index in [2.05, 4.69) is 5.43 Å². The molecule has 5 nitrogen and oxygen atoms in total. The van der Waals surface area contributed by atoms with E-state index in [0.29, 0.717) is 6.07 Å². The van der Waals surface area contributed by atoms with Gasteiger partial charge >= 0.3 is 5.97 Å². The molecule has 2 rings (SSSR count). The number of fused-ring (bicyclic) bond motifs is 1. The number of pyridine rings is 1. The van der Waals surface area contributed by atoms with E-state index in [1.54, 1.807) is 0 Å². The Morgan fingerprint density at radius 3 is 2.50 bits per heavy atom. The topological polar surface area (TPSA) is 71.3 Å². The van der Waals surface area contributed by atoms with Gasteiger partial charge in [-0.15, -0.1) is 0 Å². The molecule has 0 fully saturated rings. The minimum absolute atomic E-state index is 0.0615. The smallest absolute Gasteiger partial charge is 0.341 e. The van der Waals surface area contributed by atoms with Crippen LogP contribution in [0.1, 0.15) is 10.4 Å². The van der Waals surface area contributed by atoms with Crippen LogP contribution in [-0.4, -0.2) is 22.8 Å². The number of nitrogens with zero attached hydrogens (tertiary/aromatic N) is 1. The number of benzene rings is 1. The highest BCUT2D eigenvalue weighted by atomic mass is 19.2. The normalized spacial score (nSPS) is 10.6. The molecule has 0 radical (unpaired) electrons. The summed E-state index contributed by atoms with van der Waals surface area (Å²) in [5, 5.41) is 8.65. The van der Waals surface area contributed by atoms with Crippen LogP contribution in [0.25, 0.3) is 10.9 Å². The van der Waals surface area contributed by atoms with E-state index in [0.717, 1.165) is 16.9 Å². The predicted molar refractivity (Wildman–Crippen MR) is 60.4 cm³/mol. The van der Waals surface area contributed by atoms with Crippen molar-refractivity contribution in [1.29, 1.82) is 0 Å². The first-order valence-corrected chi connectivity index (χ1v) is 4.91. The Morgan fingerprint density at radius 2 is 1.94 bits per heavy atom. The molecule has 0 unspecified atom stereocenters. The maximum atomic E-state index is 13.1. The van der Waals surface area contributed by atoms with E-state index in [4.69, 9.17) is 5.11 Å². The molecule has 18 heavy (non-hydrogen) atoms. The number of hydrogen-bond donors (Lipinski definition) is 2. The van der Waals surface area contributed by atoms with Crippen LogP contribution in [-0.2, 0) is 0 Å². The summed E-state index contributed by atoms with van der Waals surface area (Å²) >= 11 is 0. The Balaban J connectivity index is 2.99. The van der Waals surface area contributed by atoms with Crippen LogP contribution in [0.5, 0.6) is 0 Å². The third-order valence-electron chi connectivity index (χ3n) is 2.52. The monoisotopic (exact) mass is 254 g/mol. The van der Waals surface area contributed by atoms with E-state index < -0.39 is 28.6 Å². The second-order valence-electron chi connectivity index (χ2n) is 3.55. The average molecular weight is 254 g/mol. The van der Waals surface area contributed by atoms with Crippen LogP contribution in [0.15, 0.2) is 23.1 Å². The highest BCUT2D eigenvalue weighted by Gasteiger charge is 2.16. The maximum Gasteiger partial charge on any atom is 0.341 e. The standard InChI is InChI=1S/C11H8F2N2O3/c1-14-15-4-6(11(17)18)10(16)5-2-7(12)8(13)3-9(5)15/h2-4,14H,1H3,(H,17,18). The van der Waals surface area contributed by atoms with Crippen molar-refractivity contribution in [3.63, 3.8) is 0 Å². The Kier molecular flexibility index (Phi) is 2.74. The first-order chi connectivity index (χ1) is 8.45. The summed E-state index contributed by atoms with van der Waals surface area (Å²) in [7, 11) is 1.46. The SMILES string of the molecule is CNn1cc(C(=O)O)c(=O)c2cc(F)c(F)cc21. The highest BCUT2D eigenvalue weighted by Crippen LogP contribution is 2.16. The molecular formula is C11H8F2N2O3. The molecule has 0 aliphatic carbocycles. The zero-order valence-electron chi connectivity index (χ0n) is 9.20. The third-order valence-corrected chi connectivity index (χ3v) is 2.52. The number of carboxylic acids is 1. The number of nitrogens with one attached hydrogen (secondary N) is 1. The number of aromatic carboxylic acids is 1. The number of halogens is 2. The van der Waals surface area contributed by atoms with Crippen molar-refractivity contribution >= 4 is 16.9 Å². The van der Waals surface area contributed by atoms with Crippen LogP contribution in [0.4, 0.5) is 8.78 Å². The van der Waals surface area contributed by atoms with Crippen molar-refractivity contribution in [2.45, 2.75) is 0 Å². The van der Waals surface area contributed by atoms with E-state index in [1.165, 1.54) is 7.05 Å². The zero-order chi connectivity index (χ0) is 13.4. The molecule has 94 valence electrons. The molecule has 2 N–H and O–H groups in total. The quantitative estimate of drug-likeness (QED) is 0.843. The van der Waals surface area contributed by atoms with E-state index in [1.807, 2.05) is 0 Å². The van der Waals surface area contributed by atoms with Gasteiger partial charge in [0.1, 0.15) is 5.56 Å². The Labute approximate surface area is 99.2 Å². The first kappa shape index (κ1) is 12.0. The number of aromatic nitrogens is 1. The third kappa shape index (κ3) is 1.69. The van der Waals surface area contributed by atoms with Crippen molar-refractivity contribution in [2.75, 3.05) is 12.5 Å². The van der Waals surface area contributed by atoms with Crippen LogP contribution in [0, 0.1) is 11.6 Å². The van der Waals surface area contributed by atoms with Crippen molar-refractivity contribution in [3.05, 3.63) is 45.8 Å². The summed E-state index contributed by atoms with van der Waals surface area (Å²) in [6.07, 6.45) is 1.02. The molecule has 0 aliphatic rings. The van der Waals surface area contributed by atoms with Crippen molar-refractivity contribution in [1.82, 2.24) is 4.68 Å². The lowest BCUT2D eigenvalue weighted by atomic mass is 10.1. The molecule has 0 bridgehead atoms. The molecule has 1 heterocycles. The fourth-order valence-electron chi connectivity index (χ4n) is 1.66. The fourth-order valence-corrected chi connectivity index (χ4v) is 1.66. The van der Waals surface area contributed by atoms with E-state index in [-0.39, 0.29) is 10.9 Å². The van der Waals surface area contributed by atoms with Gasteiger partial charge in [0.2, 0.25) is 5.43 Å². The van der Waals surface area contributed by atoms with Gasteiger partial charge < -0.3 is 10.5 Å². The van der Waals surface area contributed by atoms with E-state index in [9.17, 15) is 18.4 Å². The van der Waals surface area contributed by atoms with Gasteiger partial charge in [-0.3, -0.25) is 9.47 Å². The largest absolute Gasteiger partial charge is 0.477 e. The van der Waals surface area contributed by atoms with Gasteiger partial charge in [0, 0.05) is 19.3 Å². The zero-order valence-corrected chi connectivity index (χ0v) is 9.20. The molecule has 1 aromatic carbocycles. The molecule has 7 heteroatoms. The fraction of sp³-hybridized carbons (Fsp3) is 0.0909. The van der Waals surface area contributed by atoms with Gasteiger partial charge in [-0.25, -0.2) is 13.6 Å². The van der Waals surface area contributed by atoms with Gasteiger partial charge in [0.25, 0.3) is 0 Å². The minimum Gasteiger partial charge on any atom is -0.477 e. The maximum absolute atomic E-state index is 13.1. The Bertz CT molecular complexity index is 709. The highest BCUT2D eigenvalue weighted by molar-refractivity contribution is 5.92. The first-order valence-electron chi connectivity index (χ1n) is 4.91. The predicted octanol–water partition coefficient (Wildman–Crippen LogP) is 1.15. The summed E-state index contributed by atoms with van der Waals surface area (Å²) < 4.78 is 27.4. The number of carboxylic acid groups (broad SMARTS) is 1. The lowest BCUT2D eigenvalue weighted by Gasteiger charge is -2.11. The molecule has 0 saturated carbocycles. The van der Waals surface area contributed by atoms with Crippen molar-refractivity contribution in [2.24, 2.45) is 0 Å². The molecule has 0 aliphatic heterocycles. The molecule has 1 aromatic heterocycles. The van der Waals surface area contributed by atoms with Crippen molar-refractivity contribution < 1.29 is 18.7 Å². The molecule has 2 aromatic rings. The molecular weight excluding hydrogens is 246 g/mol.